The number of benzene rings is 1. The molecule has 2 N–H and O–H groups in total. The molecule has 1 aromatic heterocycles. The molecule has 4 rings (SSSR count). The van der Waals surface area contributed by atoms with Crippen LogP contribution in [0.3, 0.4) is 0 Å². The number of para-hydroxylation sites is 1. The third-order valence-corrected chi connectivity index (χ3v) is 5.68. The number of nitrogens with zero attached hydrogens (tertiary/aromatic N) is 3. The predicted octanol–water partition coefficient (Wildman–Crippen LogP) is -0.211. The molecular weight excluding hydrogens is 338 g/mol. The Morgan fingerprint density at radius 1 is 1.24 bits per heavy atom. The fraction of sp³-hybridized carbons (Fsp3) is 0.412. The van der Waals surface area contributed by atoms with E-state index in [1.165, 1.54) is 9.60 Å². The van der Waals surface area contributed by atoms with E-state index >= 15 is 0 Å². The van der Waals surface area contributed by atoms with E-state index in [-0.39, 0.29) is 11.8 Å². The van der Waals surface area contributed by atoms with Crippen LogP contribution in [0.4, 0.5) is 0 Å². The van der Waals surface area contributed by atoms with Gasteiger partial charge in [-0.15, -0.1) is 11.3 Å². The van der Waals surface area contributed by atoms with Crippen LogP contribution in [0.1, 0.15) is 17.8 Å². The van der Waals surface area contributed by atoms with Crippen LogP contribution < -0.4 is 10.3 Å². The van der Waals surface area contributed by atoms with Gasteiger partial charge in [-0.2, -0.15) is 5.10 Å². The summed E-state index contributed by atoms with van der Waals surface area (Å²) in [5, 5.41) is 5.06. The molecule has 1 saturated heterocycles. The third-order valence-electron chi connectivity index (χ3n) is 4.65. The van der Waals surface area contributed by atoms with Crippen molar-refractivity contribution in [2.24, 2.45) is 5.10 Å². The van der Waals surface area contributed by atoms with E-state index in [1.54, 1.807) is 11.3 Å². The van der Waals surface area contributed by atoms with Crippen molar-refractivity contribution in [1.29, 1.82) is 0 Å². The third kappa shape index (κ3) is 3.54. The Balaban J connectivity index is 1.33. The van der Waals surface area contributed by atoms with Crippen molar-refractivity contribution < 1.29 is 14.5 Å². The zero-order valence-corrected chi connectivity index (χ0v) is 14.6. The van der Waals surface area contributed by atoms with Crippen molar-refractivity contribution >= 4 is 39.1 Å². The second kappa shape index (κ2) is 6.89. The van der Waals surface area contributed by atoms with Crippen LogP contribution in [-0.2, 0) is 16.1 Å². The first kappa shape index (κ1) is 16.2. The molecule has 0 bridgehead atoms. The average Bonchev–Trinajstić information content (AvgIpc) is 3.05. The predicted molar refractivity (Wildman–Crippen MR) is 95.4 cm³/mol. The van der Waals surface area contributed by atoms with Gasteiger partial charge in [0.25, 0.3) is 5.91 Å². The van der Waals surface area contributed by atoms with Gasteiger partial charge >= 0.3 is 0 Å². The van der Waals surface area contributed by atoms with Gasteiger partial charge in [0.1, 0.15) is 17.3 Å². The molecule has 2 aliphatic rings. The van der Waals surface area contributed by atoms with E-state index in [4.69, 9.17) is 4.98 Å². The summed E-state index contributed by atoms with van der Waals surface area (Å²) in [6.45, 7) is 4.14. The van der Waals surface area contributed by atoms with Gasteiger partial charge in [0, 0.05) is 12.8 Å². The molecule has 2 aromatic rings. The van der Waals surface area contributed by atoms with E-state index in [0.29, 0.717) is 31.6 Å². The SMILES string of the molecule is O=C1CCC(C(=O)N2CC[NH+](Cc3nc4ccccc4s3)CC2)=NN1. The quantitative estimate of drug-likeness (QED) is 0.797. The molecule has 1 fully saturated rings. The van der Waals surface area contributed by atoms with Gasteiger partial charge in [-0.1, -0.05) is 12.1 Å². The number of aromatic nitrogens is 1. The first-order chi connectivity index (χ1) is 12.2. The lowest BCUT2D eigenvalue weighted by molar-refractivity contribution is -0.917. The summed E-state index contributed by atoms with van der Waals surface area (Å²) >= 11 is 1.75. The molecule has 0 saturated carbocycles. The summed E-state index contributed by atoms with van der Waals surface area (Å²) in [4.78, 5) is 31.6. The zero-order chi connectivity index (χ0) is 17.2. The maximum absolute atomic E-state index is 12.5. The fourth-order valence-electron chi connectivity index (χ4n) is 3.22. The summed E-state index contributed by atoms with van der Waals surface area (Å²) in [7, 11) is 0. The Labute approximate surface area is 149 Å². The van der Waals surface area contributed by atoms with Gasteiger partial charge in [0.2, 0.25) is 5.91 Å². The number of hydrazone groups is 1. The molecule has 2 amide bonds. The molecule has 25 heavy (non-hydrogen) atoms. The summed E-state index contributed by atoms with van der Waals surface area (Å²) in [6, 6.07) is 8.20. The molecular formula is C17H20N5O2S+. The highest BCUT2D eigenvalue weighted by Gasteiger charge is 2.28. The highest BCUT2D eigenvalue weighted by atomic mass is 32.1. The topological polar surface area (TPSA) is 79.1 Å². The second-order valence-corrected chi connectivity index (χ2v) is 7.50. The lowest BCUT2D eigenvalue weighted by Crippen LogP contribution is -3.13. The standard InChI is InChI=1S/C17H19N5O2S/c23-15-6-5-13(19-20-15)17(24)22-9-7-21(8-10-22)11-16-18-12-3-1-2-4-14(12)25-16/h1-4H,5-11H2,(H,20,23)/p+1. The number of quaternary nitrogens is 1. The number of rotatable bonds is 3. The number of nitrogens with one attached hydrogen (secondary N) is 2. The molecule has 0 radical (unpaired) electrons. The van der Waals surface area contributed by atoms with Gasteiger partial charge in [0.15, 0.2) is 0 Å². The average molecular weight is 358 g/mol. The molecule has 8 heteroatoms. The number of hydrogen-bond donors (Lipinski definition) is 2. The monoisotopic (exact) mass is 358 g/mol. The van der Waals surface area contributed by atoms with Crippen molar-refractivity contribution in [1.82, 2.24) is 15.3 Å². The summed E-state index contributed by atoms with van der Waals surface area (Å²) in [6.07, 6.45) is 0.775. The lowest BCUT2D eigenvalue weighted by Gasteiger charge is -2.32. The molecule has 2 aliphatic heterocycles. The second-order valence-electron chi connectivity index (χ2n) is 6.39. The van der Waals surface area contributed by atoms with Crippen LogP contribution >= 0.6 is 11.3 Å². The highest BCUT2D eigenvalue weighted by Crippen LogP contribution is 2.20. The van der Waals surface area contributed by atoms with E-state index in [9.17, 15) is 9.59 Å². The fourth-order valence-corrected chi connectivity index (χ4v) is 4.26. The summed E-state index contributed by atoms with van der Waals surface area (Å²) in [5.41, 5.74) is 3.93. The van der Waals surface area contributed by atoms with E-state index in [1.807, 2.05) is 23.1 Å². The van der Waals surface area contributed by atoms with Gasteiger partial charge in [-0.05, 0) is 12.1 Å². The zero-order valence-electron chi connectivity index (χ0n) is 13.8. The minimum absolute atomic E-state index is 0.0426. The van der Waals surface area contributed by atoms with E-state index in [0.717, 1.165) is 30.2 Å². The number of carbonyl (C=O) groups excluding carboxylic acids is 2. The van der Waals surface area contributed by atoms with Crippen LogP contribution in [0.2, 0.25) is 0 Å². The molecule has 0 aliphatic carbocycles. The Hall–Kier alpha value is -2.32. The van der Waals surface area contributed by atoms with Crippen molar-refractivity contribution in [2.45, 2.75) is 19.4 Å². The Bertz CT molecular complexity index is 805. The molecule has 7 nitrogen and oxygen atoms in total. The van der Waals surface area contributed by atoms with Gasteiger partial charge in [-0.25, -0.2) is 10.4 Å². The van der Waals surface area contributed by atoms with E-state index < -0.39 is 0 Å². The minimum Gasteiger partial charge on any atom is -0.326 e. The van der Waals surface area contributed by atoms with Crippen molar-refractivity contribution in [2.75, 3.05) is 26.2 Å². The summed E-state index contributed by atoms with van der Waals surface area (Å²) < 4.78 is 1.23. The lowest BCUT2D eigenvalue weighted by atomic mass is 10.1. The first-order valence-corrected chi connectivity index (χ1v) is 9.33. The smallest absolute Gasteiger partial charge is 0.270 e. The maximum Gasteiger partial charge on any atom is 0.270 e. The van der Waals surface area contributed by atoms with Crippen LogP contribution in [-0.4, -0.2) is 53.6 Å². The van der Waals surface area contributed by atoms with Crippen molar-refractivity contribution in [3.8, 4) is 0 Å². The van der Waals surface area contributed by atoms with Gasteiger partial charge in [0.05, 0.1) is 36.4 Å². The Morgan fingerprint density at radius 2 is 2.04 bits per heavy atom. The molecule has 0 atom stereocenters. The largest absolute Gasteiger partial charge is 0.326 e. The molecule has 0 unspecified atom stereocenters. The number of amides is 2. The normalized spacial score (nSPS) is 19.0. The Kier molecular flexibility index (Phi) is 4.46. The number of carbonyl (C=O) groups is 2. The maximum atomic E-state index is 12.5. The number of hydrogen-bond acceptors (Lipinski definition) is 5. The van der Waals surface area contributed by atoms with Gasteiger partial charge in [-0.3, -0.25) is 9.59 Å². The van der Waals surface area contributed by atoms with Crippen molar-refractivity contribution in [3.05, 3.63) is 29.3 Å². The van der Waals surface area contributed by atoms with Crippen LogP contribution in [0.15, 0.2) is 29.4 Å². The number of fused-ring (bicyclic) bond motifs is 1. The van der Waals surface area contributed by atoms with Gasteiger partial charge < -0.3 is 9.80 Å². The van der Waals surface area contributed by atoms with Crippen molar-refractivity contribution in [3.63, 3.8) is 0 Å². The van der Waals surface area contributed by atoms with E-state index in [2.05, 4.69) is 16.6 Å². The van der Waals surface area contributed by atoms with Crippen LogP contribution in [0.25, 0.3) is 10.2 Å². The minimum atomic E-state index is -0.123. The molecule has 130 valence electrons. The first-order valence-electron chi connectivity index (χ1n) is 8.52. The number of piperazine rings is 1. The molecule has 1 aromatic carbocycles. The van der Waals surface area contributed by atoms with Crippen LogP contribution in [0, 0.1) is 0 Å². The Morgan fingerprint density at radius 3 is 2.76 bits per heavy atom. The summed E-state index contributed by atoms with van der Waals surface area (Å²) in [5.74, 6) is -0.166. The number of thiazole rings is 1. The van der Waals surface area contributed by atoms with Crippen LogP contribution in [0.5, 0.6) is 0 Å². The molecule has 3 heterocycles. The highest BCUT2D eigenvalue weighted by molar-refractivity contribution is 7.18. The molecule has 0 spiro atoms.